The summed E-state index contributed by atoms with van der Waals surface area (Å²) >= 11 is 0. The van der Waals surface area contributed by atoms with Gasteiger partial charge in [-0.2, -0.15) is 0 Å². The van der Waals surface area contributed by atoms with Crippen LogP contribution in [0.15, 0.2) is 0 Å². The number of nitrogens with one attached hydrogen (secondary N) is 1. The zero-order valence-corrected chi connectivity index (χ0v) is 13.3. The van der Waals surface area contributed by atoms with Crippen molar-refractivity contribution < 1.29 is 17.9 Å². The topological polar surface area (TPSA) is 98.5 Å². The molecular weight excluding hydrogens is 280 g/mol. The molecule has 0 bridgehead atoms. The van der Waals surface area contributed by atoms with E-state index in [2.05, 4.69) is 5.32 Å². The summed E-state index contributed by atoms with van der Waals surface area (Å²) in [6.45, 7) is 6.25. The van der Waals surface area contributed by atoms with Crippen molar-refractivity contribution in [2.45, 2.75) is 39.2 Å². The molecule has 7 heteroatoms. The summed E-state index contributed by atoms with van der Waals surface area (Å²) in [5, 5.41) is 2.72. The fraction of sp³-hybridized carbons (Fsp3) is 0.923. The second-order valence-electron chi connectivity index (χ2n) is 6.37. The van der Waals surface area contributed by atoms with Crippen molar-refractivity contribution in [3.8, 4) is 0 Å². The summed E-state index contributed by atoms with van der Waals surface area (Å²) in [5.41, 5.74) is 5.18. The predicted molar refractivity (Wildman–Crippen MR) is 78.2 cm³/mol. The smallest absolute Gasteiger partial charge is 0.407 e. The van der Waals surface area contributed by atoms with Crippen LogP contribution in [0.1, 0.15) is 33.6 Å². The summed E-state index contributed by atoms with van der Waals surface area (Å²) in [6, 6.07) is 0. The molecule has 6 nitrogen and oxygen atoms in total. The Morgan fingerprint density at radius 3 is 2.30 bits per heavy atom. The Labute approximate surface area is 121 Å². The van der Waals surface area contributed by atoms with Crippen LogP contribution in [0.4, 0.5) is 4.79 Å². The molecule has 0 spiro atoms. The van der Waals surface area contributed by atoms with Gasteiger partial charge in [0.15, 0.2) is 0 Å². The maximum absolute atomic E-state index is 11.7. The highest BCUT2D eigenvalue weighted by Gasteiger charge is 2.29. The standard InChI is InChI=1S/C13H26N2O4S/c1-13(2,3)19-12(16)15-9-11-5-7-20(17,18)6-4-10(11)8-14/h10-11H,4-9,14H2,1-3H3,(H,15,16)/t10-,11-/m0/s1. The van der Waals surface area contributed by atoms with Gasteiger partial charge < -0.3 is 15.8 Å². The zero-order chi connectivity index (χ0) is 15.4. The SMILES string of the molecule is CC(C)(C)OC(=O)NC[C@@H]1CCS(=O)(=O)CC[C@H]1CN. The van der Waals surface area contributed by atoms with E-state index in [4.69, 9.17) is 10.5 Å². The lowest BCUT2D eigenvalue weighted by atomic mass is 9.88. The Balaban J connectivity index is 2.54. The molecule has 2 atom stereocenters. The number of ether oxygens (including phenoxy) is 1. The van der Waals surface area contributed by atoms with Gasteiger partial charge in [-0.05, 0) is 52.0 Å². The minimum absolute atomic E-state index is 0.0878. The van der Waals surface area contributed by atoms with Crippen LogP contribution in [-0.2, 0) is 14.6 Å². The molecule has 0 radical (unpaired) electrons. The minimum atomic E-state index is -2.96. The molecule has 1 saturated heterocycles. The maximum Gasteiger partial charge on any atom is 0.407 e. The van der Waals surface area contributed by atoms with Gasteiger partial charge >= 0.3 is 6.09 Å². The van der Waals surface area contributed by atoms with Gasteiger partial charge in [-0.3, -0.25) is 0 Å². The van der Waals surface area contributed by atoms with E-state index in [0.717, 1.165) is 0 Å². The van der Waals surface area contributed by atoms with Crippen LogP contribution in [-0.4, -0.2) is 44.7 Å². The molecule has 1 rings (SSSR count). The van der Waals surface area contributed by atoms with Crippen molar-refractivity contribution in [3.63, 3.8) is 0 Å². The first-order chi connectivity index (χ1) is 9.13. The first-order valence-corrected chi connectivity index (χ1v) is 8.82. The number of carbonyl (C=O) groups is 1. The molecule has 3 N–H and O–H groups in total. The van der Waals surface area contributed by atoms with Gasteiger partial charge in [-0.25, -0.2) is 13.2 Å². The third-order valence-corrected chi connectivity index (χ3v) is 5.19. The lowest BCUT2D eigenvalue weighted by Crippen LogP contribution is -2.38. The monoisotopic (exact) mass is 306 g/mol. The number of hydrogen-bond donors (Lipinski definition) is 2. The number of rotatable bonds is 3. The predicted octanol–water partition coefficient (Wildman–Crippen LogP) is 0.911. The number of nitrogens with two attached hydrogens (primary N) is 1. The van der Waals surface area contributed by atoms with E-state index in [0.29, 0.717) is 25.9 Å². The lowest BCUT2D eigenvalue weighted by Gasteiger charge is -2.25. The lowest BCUT2D eigenvalue weighted by molar-refractivity contribution is 0.0512. The second-order valence-corrected chi connectivity index (χ2v) is 8.67. The first kappa shape index (κ1) is 17.2. The minimum Gasteiger partial charge on any atom is -0.444 e. The van der Waals surface area contributed by atoms with E-state index in [9.17, 15) is 13.2 Å². The number of hydrogen-bond acceptors (Lipinski definition) is 5. The van der Waals surface area contributed by atoms with E-state index in [-0.39, 0.29) is 23.3 Å². The summed E-state index contributed by atoms with van der Waals surface area (Å²) in [7, 11) is -2.96. The van der Waals surface area contributed by atoms with Gasteiger partial charge in [0.25, 0.3) is 0 Å². The molecule has 118 valence electrons. The third-order valence-electron chi connectivity index (χ3n) is 3.48. The number of amides is 1. The second kappa shape index (κ2) is 6.76. The molecule has 0 unspecified atom stereocenters. The molecule has 1 aliphatic rings. The van der Waals surface area contributed by atoms with Gasteiger partial charge in [0.1, 0.15) is 15.4 Å². The first-order valence-electron chi connectivity index (χ1n) is 7.00. The molecule has 0 aromatic heterocycles. The van der Waals surface area contributed by atoms with Crippen molar-refractivity contribution in [1.82, 2.24) is 5.32 Å². The maximum atomic E-state index is 11.7. The summed E-state index contributed by atoms with van der Waals surface area (Å²) < 4.78 is 28.5. The highest BCUT2D eigenvalue weighted by atomic mass is 32.2. The summed E-state index contributed by atoms with van der Waals surface area (Å²) in [4.78, 5) is 11.6. The molecule has 1 aliphatic heterocycles. The average molecular weight is 306 g/mol. The Bertz CT molecular complexity index is 428. The van der Waals surface area contributed by atoms with Crippen LogP contribution in [0.5, 0.6) is 0 Å². The average Bonchev–Trinajstić information content (AvgIpc) is 2.43. The van der Waals surface area contributed by atoms with E-state index in [1.54, 1.807) is 20.8 Å². The van der Waals surface area contributed by atoms with E-state index in [1.165, 1.54) is 0 Å². The van der Waals surface area contributed by atoms with Gasteiger partial charge in [0.2, 0.25) is 0 Å². The normalized spacial score (nSPS) is 26.6. The number of carbonyl (C=O) groups excluding carboxylic acids is 1. The van der Waals surface area contributed by atoms with Crippen molar-refractivity contribution in [2.75, 3.05) is 24.6 Å². The van der Waals surface area contributed by atoms with Gasteiger partial charge in [0, 0.05) is 6.54 Å². The van der Waals surface area contributed by atoms with Crippen molar-refractivity contribution >= 4 is 15.9 Å². The summed E-state index contributed by atoms with van der Waals surface area (Å²) in [5.74, 6) is 0.578. The molecule has 0 saturated carbocycles. The molecule has 0 aromatic carbocycles. The number of sulfone groups is 1. The molecular formula is C13H26N2O4S. The Morgan fingerprint density at radius 1 is 1.25 bits per heavy atom. The van der Waals surface area contributed by atoms with E-state index < -0.39 is 21.5 Å². The zero-order valence-electron chi connectivity index (χ0n) is 12.5. The molecule has 0 aliphatic carbocycles. The van der Waals surface area contributed by atoms with E-state index >= 15 is 0 Å². The fourth-order valence-electron chi connectivity index (χ4n) is 2.34. The Kier molecular flexibility index (Phi) is 5.82. The van der Waals surface area contributed by atoms with Gasteiger partial charge in [0.05, 0.1) is 11.5 Å². The van der Waals surface area contributed by atoms with Crippen molar-refractivity contribution in [1.29, 1.82) is 0 Å². The van der Waals surface area contributed by atoms with Crippen LogP contribution in [0.2, 0.25) is 0 Å². The molecule has 1 fully saturated rings. The van der Waals surface area contributed by atoms with Crippen LogP contribution in [0, 0.1) is 11.8 Å². The van der Waals surface area contributed by atoms with Crippen LogP contribution < -0.4 is 11.1 Å². The van der Waals surface area contributed by atoms with Crippen LogP contribution in [0.3, 0.4) is 0 Å². The van der Waals surface area contributed by atoms with Crippen molar-refractivity contribution in [3.05, 3.63) is 0 Å². The number of alkyl carbamates (subject to hydrolysis) is 1. The highest BCUT2D eigenvalue weighted by molar-refractivity contribution is 7.91. The summed E-state index contributed by atoms with van der Waals surface area (Å²) in [6.07, 6.45) is 0.639. The quantitative estimate of drug-likeness (QED) is 0.807. The van der Waals surface area contributed by atoms with Gasteiger partial charge in [-0.1, -0.05) is 0 Å². The van der Waals surface area contributed by atoms with Gasteiger partial charge in [-0.15, -0.1) is 0 Å². The van der Waals surface area contributed by atoms with Crippen LogP contribution in [0.25, 0.3) is 0 Å². The largest absolute Gasteiger partial charge is 0.444 e. The third kappa shape index (κ3) is 6.09. The Morgan fingerprint density at radius 2 is 1.80 bits per heavy atom. The molecule has 1 heterocycles. The molecule has 0 aromatic rings. The van der Waals surface area contributed by atoms with E-state index in [1.807, 2.05) is 0 Å². The Hall–Kier alpha value is -0.820. The molecule has 1 amide bonds. The molecule has 20 heavy (non-hydrogen) atoms. The van der Waals surface area contributed by atoms with Crippen molar-refractivity contribution in [2.24, 2.45) is 17.6 Å². The fourth-order valence-corrected chi connectivity index (χ4v) is 3.87. The van der Waals surface area contributed by atoms with Crippen LogP contribution >= 0.6 is 0 Å². The highest BCUT2D eigenvalue weighted by Crippen LogP contribution is 2.24.